The minimum atomic E-state index is -0.519. The Morgan fingerprint density at radius 1 is 1.41 bits per heavy atom. The van der Waals surface area contributed by atoms with E-state index in [2.05, 4.69) is 10.4 Å². The predicted molar refractivity (Wildman–Crippen MR) is 60.8 cm³/mol. The fourth-order valence-electron chi connectivity index (χ4n) is 1.49. The number of nitrogens with one attached hydrogen (secondary N) is 1. The Bertz CT molecular complexity index is 536. The van der Waals surface area contributed by atoms with Crippen LogP contribution in [0.2, 0.25) is 0 Å². The molecule has 1 aromatic carbocycles. The summed E-state index contributed by atoms with van der Waals surface area (Å²) in [4.78, 5) is 11.7. The largest absolute Gasteiger partial charge is 0.346 e. The first-order chi connectivity index (χ1) is 8.18. The highest BCUT2D eigenvalue weighted by Gasteiger charge is 2.10. The quantitative estimate of drug-likeness (QED) is 0.873. The summed E-state index contributed by atoms with van der Waals surface area (Å²) < 4.78 is 15.0. The zero-order valence-corrected chi connectivity index (χ0v) is 9.35. The van der Waals surface area contributed by atoms with Gasteiger partial charge >= 0.3 is 0 Å². The maximum Gasteiger partial charge on any atom is 0.254 e. The number of nitrogens with zero attached hydrogens (tertiary/aromatic N) is 2. The molecule has 0 fully saturated rings. The molecule has 4 nitrogen and oxygen atoms in total. The zero-order chi connectivity index (χ0) is 12.3. The first-order valence-electron chi connectivity index (χ1n) is 5.18. The van der Waals surface area contributed by atoms with Gasteiger partial charge in [-0.05, 0) is 18.2 Å². The van der Waals surface area contributed by atoms with Crippen molar-refractivity contribution in [3.8, 4) is 0 Å². The number of carbonyl (C=O) groups is 1. The standard InChI is InChI=1S/C12H12FN3O/c1-16-9(6-7-15-16)8-14-12(17)10-4-2-3-5-11(10)13/h2-7H,8H2,1H3,(H,14,17). The second-order valence-electron chi connectivity index (χ2n) is 3.61. The van der Waals surface area contributed by atoms with Crippen LogP contribution in [0.15, 0.2) is 36.5 Å². The van der Waals surface area contributed by atoms with Crippen molar-refractivity contribution in [3.63, 3.8) is 0 Å². The summed E-state index contributed by atoms with van der Waals surface area (Å²) in [7, 11) is 1.78. The lowest BCUT2D eigenvalue weighted by molar-refractivity contribution is 0.0946. The topological polar surface area (TPSA) is 46.9 Å². The number of rotatable bonds is 3. The molecule has 0 atom stereocenters. The highest BCUT2D eigenvalue weighted by Crippen LogP contribution is 2.06. The van der Waals surface area contributed by atoms with E-state index in [0.717, 1.165) is 5.69 Å². The molecule has 17 heavy (non-hydrogen) atoms. The lowest BCUT2D eigenvalue weighted by Gasteiger charge is -2.06. The van der Waals surface area contributed by atoms with Crippen LogP contribution >= 0.6 is 0 Å². The SMILES string of the molecule is Cn1nccc1CNC(=O)c1ccccc1F. The molecule has 0 spiro atoms. The average Bonchev–Trinajstić information content (AvgIpc) is 2.72. The lowest BCUT2D eigenvalue weighted by atomic mass is 10.2. The van der Waals surface area contributed by atoms with E-state index in [9.17, 15) is 9.18 Å². The van der Waals surface area contributed by atoms with E-state index in [4.69, 9.17) is 0 Å². The molecule has 5 heteroatoms. The van der Waals surface area contributed by atoms with Crippen molar-refractivity contribution in [2.75, 3.05) is 0 Å². The maximum absolute atomic E-state index is 13.3. The molecule has 1 heterocycles. The Kier molecular flexibility index (Phi) is 3.18. The van der Waals surface area contributed by atoms with Crippen LogP contribution < -0.4 is 5.32 Å². The van der Waals surface area contributed by atoms with Crippen molar-refractivity contribution >= 4 is 5.91 Å². The summed E-state index contributed by atoms with van der Waals surface area (Å²) in [5, 5.41) is 6.62. The first-order valence-corrected chi connectivity index (χ1v) is 5.18. The Morgan fingerprint density at radius 3 is 2.82 bits per heavy atom. The number of benzene rings is 1. The second-order valence-corrected chi connectivity index (χ2v) is 3.61. The normalized spacial score (nSPS) is 10.2. The van der Waals surface area contributed by atoms with Gasteiger partial charge in [-0.2, -0.15) is 5.10 Å². The van der Waals surface area contributed by atoms with Gasteiger partial charge in [0.05, 0.1) is 17.8 Å². The zero-order valence-electron chi connectivity index (χ0n) is 9.35. The molecule has 0 unspecified atom stereocenters. The van der Waals surface area contributed by atoms with Gasteiger partial charge in [0.2, 0.25) is 0 Å². The minimum Gasteiger partial charge on any atom is -0.346 e. The third-order valence-corrected chi connectivity index (χ3v) is 2.47. The first kappa shape index (κ1) is 11.3. The van der Waals surface area contributed by atoms with E-state index in [-0.39, 0.29) is 5.56 Å². The Morgan fingerprint density at radius 2 is 2.18 bits per heavy atom. The summed E-state index contributed by atoms with van der Waals surface area (Å²) in [6.45, 7) is 0.323. The average molecular weight is 233 g/mol. The van der Waals surface area contributed by atoms with Gasteiger partial charge in [-0.3, -0.25) is 9.48 Å². The van der Waals surface area contributed by atoms with Crippen LogP contribution in [0.3, 0.4) is 0 Å². The smallest absolute Gasteiger partial charge is 0.254 e. The van der Waals surface area contributed by atoms with Crippen molar-refractivity contribution in [2.24, 2.45) is 7.05 Å². The van der Waals surface area contributed by atoms with Crippen LogP contribution in [0.1, 0.15) is 16.1 Å². The number of halogens is 1. The Hall–Kier alpha value is -2.17. The number of hydrogen-bond acceptors (Lipinski definition) is 2. The fraction of sp³-hybridized carbons (Fsp3) is 0.167. The summed E-state index contributed by atoms with van der Waals surface area (Å²) >= 11 is 0. The van der Waals surface area contributed by atoms with Crippen molar-refractivity contribution in [2.45, 2.75) is 6.54 Å². The van der Waals surface area contributed by atoms with Crippen molar-refractivity contribution in [1.82, 2.24) is 15.1 Å². The monoisotopic (exact) mass is 233 g/mol. The summed E-state index contributed by atoms with van der Waals surface area (Å²) in [5.74, 6) is -0.945. The second kappa shape index (κ2) is 4.78. The Balaban J connectivity index is 2.04. The molecule has 88 valence electrons. The van der Waals surface area contributed by atoms with Crippen LogP contribution in [0.4, 0.5) is 4.39 Å². The van der Waals surface area contributed by atoms with E-state index >= 15 is 0 Å². The minimum absolute atomic E-state index is 0.0506. The third kappa shape index (κ3) is 2.50. The Labute approximate surface area is 98.1 Å². The van der Waals surface area contributed by atoms with Crippen molar-refractivity contribution in [3.05, 3.63) is 53.6 Å². The molecule has 0 aliphatic carbocycles. The molecule has 2 rings (SSSR count). The van der Waals surface area contributed by atoms with Crippen LogP contribution in [-0.2, 0) is 13.6 Å². The molecule has 0 aliphatic heterocycles. The summed E-state index contributed by atoms with van der Waals surface area (Å²) in [6.07, 6.45) is 1.64. The number of carbonyl (C=O) groups excluding carboxylic acids is 1. The van der Waals surface area contributed by atoms with Gasteiger partial charge in [0.15, 0.2) is 0 Å². The van der Waals surface area contributed by atoms with Crippen molar-refractivity contribution < 1.29 is 9.18 Å². The maximum atomic E-state index is 13.3. The molecule has 1 amide bonds. The molecule has 0 radical (unpaired) electrons. The molecule has 0 aliphatic rings. The van der Waals surface area contributed by atoms with Crippen molar-refractivity contribution in [1.29, 1.82) is 0 Å². The van der Waals surface area contributed by atoms with Gasteiger partial charge < -0.3 is 5.32 Å². The van der Waals surface area contributed by atoms with Gasteiger partial charge in [0.25, 0.3) is 5.91 Å². The van der Waals surface area contributed by atoms with Gasteiger partial charge in [0.1, 0.15) is 5.82 Å². The number of aromatic nitrogens is 2. The third-order valence-electron chi connectivity index (χ3n) is 2.47. The van der Waals surface area contributed by atoms with Crippen LogP contribution in [0.25, 0.3) is 0 Å². The molecule has 0 saturated carbocycles. The molecule has 2 aromatic rings. The van der Waals surface area contributed by atoms with E-state index in [1.54, 1.807) is 36.1 Å². The van der Waals surface area contributed by atoms with Crippen LogP contribution in [-0.4, -0.2) is 15.7 Å². The molecular weight excluding hydrogens is 221 g/mol. The molecule has 1 N–H and O–H groups in total. The summed E-state index contributed by atoms with van der Waals surface area (Å²) in [6, 6.07) is 7.68. The molecule has 0 saturated heterocycles. The highest BCUT2D eigenvalue weighted by molar-refractivity contribution is 5.94. The van der Waals surface area contributed by atoms with E-state index in [1.165, 1.54) is 12.1 Å². The van der Waals surface area contributed by atoms with Gasteiger partial charge in [-0.15, -0.1) is 0 Å². The van der Waals surface area contributed by atoms with E-state index in [1.807, 2.05) is 0 Å². The summed E-state index contributed by atoms with van der Waals surface area (Å²) in [5.41, 5.74) is 0.907. The van der Waals surface area contributed by atoms with Gasteiger partial charge in [-0.1, -0.05) is 12.1 Å². The lowest BCUT2D eigenvalue weighted by Crippen LogP contribution is -2.24. The van der Waals surface area contributed by atoms with Crippen LogP contribution in [0.5, 0.6) is 0 Å². The van der Waals surface area contributed by atoms with E-state index in [0.29, 0.717) is 6.54 Å². The highest BCUT2D eigenvalue weighted by atomic mass is 19.1. The van der Waals surface area contributed by atoms with Gasteiger partial charge in [-0.25, -0.2) is 4.39 Å². The van der Waals surface area contributed by atoms with E-state index < -0.39 is 11.7 Å². The number of amides is 1. The predicted octanol–water partition coefficient (Wildman–Crippen LogP) is 1.49. The number of aryl methyl sites for hydroxylation is 1. The molecule has 1 aromatic heterocycles. The van der Waals surface area contributed by atoms with Crippen LogP contribution in [0, 0.1) is 5.82 Å². The van der Waals surface area contributed by atoms with Gasteiger partial charge in [0, 0.05) is 13.2 Å². The molecule has 0 bridgehead atoms. The number of hydrogen-bond donors (Lipinski definition) is 1. The molecular formula is C12H12FN3O. The fourth-order valence-corrected chi connectivity index (χ4v) is 1.49.